The lowest BCUT2D eigenvalue weighted by molar-refractivity contribution is -0.114. The Labute approximate surface area is 171 Å². The van der Waals surface area contributed by atoms with Crippen LogP contribution in [0.1, 0.15) is 6.92 Å². The van der Waals surface area contributed by atoms with Crippen molar-refractivity contribution in [2.75, 3.05) is 22.4 Å². The van der Waals surface area contributed by atoms with Gasteiger partial charge in [0.05, 0.1) is 5.69 Å². The van der Waals surface area contributed by atoms with Gasteiger partial charge in [-0.05, 0) is 35.9 Å². The first-order valence-corrected chi connectivity index (χ1v) is 10.1. The SMILES string of the molecule is CNc1ncc(-c2ccnc(NC(C)=O)c2)cc1S(=O)(=O)Nc1ccc(F)cc1F. The molecule has 1 amide bonds. The second-order valence-corrected chi connectivity index (χ2v) is 7.81. The maximum atomic E-state index is 13.9. The summed E-state index contributed by atoms with van der Waals surface area (Å²) in [5.41, 5.74) is 0.567. The number of nitrogens with zero attached hydrogens (tertiary/aromatic N) is 2. The van der Waals surface area contributed by atoms with Crippen molar-refractivity contribution in [2.24, 2.45) is 0 Å². The minimum absolute atomic E-state index is 0.0323. The van der Waals surface area contributed by atoms with Gasteiger partial charge in [-0.25, -0.2) is 27.2 Å². The van der Waals surface area contributed by atoms with Crippen molar-refractivity contribution in [2.45, 2.75) is 11.8 Å². The Morgan fingerprint density at radius 1 is 1.03 bits per heavy atom. The number of aromatic nitrogens is 2. The Balaban J connectivity index is 2.03. The van der Waals surface area contributed by atoms with Crippen molar-refractivity contribution >= 4 is 33.3 Å². The maximum absolute atomic E-state index is 13.9. The van der Waals surface area contributed by atoms with Gasteiger partial charge in [0.25, 0.3) is 10.0 Å². The fourth-order valence-corrected chi connectivity index (χ4v) is 3.88. The summed E-state index contributed by atoms with van der Waals surface area (Å²) < 4.78 is 54.9. The van der Waals surface area contributed by atoms with E-state index in [2.05, 4.69) is 25.3 Å². The third-order valence-corrected chi connectivity index (χ3v) is 5.33. The summed E-state index contributed by atoms with van der Waals surface area (Å²) in [4.78, 5) is 19.1. The van der Waals surface area contributed by atoms with Crippen molar-refractivity contribution in [1.82, 2.24) is 9.97 Å². The van der Waals surface area contributed by atoms with Gasteiger partial charge >= 0.3 is 0 Å². The van der Waals surface area contributed by atoms with E-state index in [1.165, 1.54) is 32.4 Å². The number of hydrogen-bond acceptors (Lipinski definition) is 6. The first-order chi connectivity index (χ1) is 14.2. The molecule has 3 rings (SSSR count). The number of nitrogens with one attached hydrogen (secondary N) is 3. The van der Waals surface area contributed by atoms with Crippen molar-refractivity contribution in [3.8, 4) is 11.1 Å². The van der Waals surface area contributed by atoms with Gasteiger partial charge < -0.3 is 10.6 Å². The summed E-state index contributed by atoms with van der Waals surface area (Å²) in [6.45, 7) is 1.34. The van der Waals surface area contributed by atoms with Crippen LogP contribution in [0.15, 0.2) is 53.7 Å². The topological polar surface area (TPSA) is 113 Å². The molecule has 11 heteroatoms. The smallest absolute Gasteiger partial charge is 0.265 e. The molecule has 156 valence electrons. The Morgan fingerprint density at radius 2 is 1.80 bits per heavy atom. The fourth-order valence-electron chi connectivity index (χ4n) is 2.63. The zero-order valence-corrected chi connectivity index (χ0v) is 16.7. The summed E-state index contributed by atoms with van der Waals surface area (Å²) in [6, 6.07) is 7.02. The maximum Gasteiger partial charge on any atom is 0.265 e. The highest BCUT2D eigenvalue weighted by Gasteiger charge is 2.22. The molecule has 2 heterocycles. The molecule has 0 aliphatic rings. The third kappa shape index (κ3) is 4.69. The molecule has 30 heavy (non-hydrogen) atoms. The van der Waals surface area contributed by atoms with E-state index in [0.29, 0.717) is 17.2 Å². The van der Waals surface area contributed by atoms with Gasteiger partial charge in [-0.3, -0.25) is 9.52 Å². The Hall–Kier alpha value is -3.60. The van der Waals surface area contributed by atoms with E-state index in [1.807, 2.05) is 0 Å². The highest BCUT2D eigenvalue weighted by Crippen LogP contribution is 2.29. The molecule has 0 bridgehead atoms. The standard InChI is InChI=1S/C19H17F2N5O3S/c1-11(27)25-18-8-12(5-6-23-18)13-7-17(19(22-2)24-10-13)30(28,29)26-16-4-3-14(20)9-15(16)21/h3-10,26H,1-2H3,(H,22,24)(H,23,25,27). The molecule has 1 aromatic carbocycles. The zero-order valence-electron chi connectivity index (χ0n) is 15.9. The minimum Gasteiger partial charge on any atom is -0.372 e. The van der Waals surface area contributed by atoms with Crippen LogP contribution in [0.5, 0.6) is 0 Å². The number of rotatable bonds is 6. The monoisotopic (exact) mass is 433 g/mol. The summed E-state index contributed by atoms with van der Waals surface area (Å²) >= 11 is 0. The molecule has 0 fully saturated rings. The van der Waals surface area contributed by atoms with Crippen LogP contribution in [-0.2, 0) is 14.8 Å². The van der Waals surface area contributed by atoms with Crippen molar-refractivity contribution in [3.05, 3.63) is 60.4 Å². The van der Waals surface area contributed by atoms with Crippen LogP contribution in [0, 0.1) is 11.6 Å². The van der Waals surface area contributed by atoms with Crippen LogP contribution in [0.2, 0.25) is 0 Å². The quantitative estimate of drug-likeness (QED) is 0.550. The zero-order chi connectivity index (χ0) is 21.9. The fraction of sp³-hybridized carbons (Fsp3) is 0.105. The van der Waals surface area contributed by atoms with Crippen LogP contribution in [0.4, 0.5) is 26.1 Å². The van der Waals surface area contributed by atoms with Gasteiger partial charge in [-0.1, -0.05) is 0 Å². The Kier molecular flexibility index (Phi) is 5.92. The van der Waals surface area contributed by atoms with Crippen LogP contribution >= 0.6 is 0 Å². The predicted molar refractivity (Wildman–Crippen MR) is 108 cm³/mol. The molecule has 0 atom stereocenters. The summed E-state index contributed by atoms with van der Waals surface area (Å²) in [6.07, 6.45) is 2.89. The first-order valence-electron chi connectivity index (χ1n) is 8.59. The molecule has 8 nitrogen and oxygen atoms in total. The van der Waals surface area contributed by atoms with Gasteiger partial charge in [0.15, 0.2) is 0 Å². The highest BCUT2D eigenvalue weighted by atomic mass is 32.2. The highest BCUT2D eigenvalue weighted by molar-refractivity contribution is 7.92. The van der Waals surface area contributed by atoms with Crippen molar-refractivity contribution in [1.29, 1.82) is 0 Å². The number of halogens is 2. The Morgan fingerprint density at radius 3 is 2.47 bits per heavy atom. The molecule has 0 saturated heterocycles. The molecular weight excluding hydrogens is 416 g/mol. The van der Waals surface area contributed by atoms with E-state index in [0.717, 1.165) is 12.1 Å². The summed E-state index contributed by atoms with van der Waals surface area (Å²) in [7, 11) is -2.79. The van der Waals surface area contributed by atoms with Crippen LogP contribution in [-0.4, -0.2) is 31.3 Å². The second kappa shape index (κ2) is 8.41. The van der Waals surface area contributed by atoms with Crippen LogP contribution in [0.3, 0.4) is 0 Å². The summed E-state index contributed by atoms with van der Waals surface area (Å²) in [5, 5.41) is 5.21. The minimum atomic E-state index is -4.27. The number of hydrogen-bond donors (Lipinski definition) is 3. The molecule has 0 aliphatic heterocycles. The first kappa shape index (κ1) is 21.1. The van der Waals surface area contributed by atoms with Crippen LogP contribution in [0.25, 0.3) is 11.1 Å². The lowest BCUT2D eigenvalue weighted by Gasteiger charge is -2.14. The number of pyridine rings is 2. The van der Waals surface area contributed by atoms with E-state index >= 15 is 0 Å². The van der Waals surface area contributed by atoms with Gasteiger partial charge in [-0.15, -0.1) is 0 Å². The number of carbonyl (C=O) groups excluding carboxylic acids is 1. The van der Waals surface area contributed by atoms with Gasteiger partial charge in [0.2, 0.25) is 5.91 Å². The molecular formula is C19H17F2N5O3S. The summed E-state index contributed by atoms with van der Waals surface area (Å²) in [5.74, 6) is -1.87. The second-order valence-electron chi connectivity index (χ2n) is 6.16. The average Bonchev–Trinajstić information content (AvgIpc) is 2.69. The van der Waals surface area contributed by atoms with Crippen molar-refractivity contribution in [3.63, 3.8) is 0 Å². The van der Waals surface area contributed by atoms with E-state index in [9.17, 15) is 22.0 Å². The van der Waals surface area contributed by atoms with E-state index < -0.39 is 27.3 Å². The molecule has 0 spiro atoms. The van der Waals surface area contributed by atoms with Crippen molar-refractivity contribution < 1.29 is 22.0 Å². The molecule has 0 saturated carbocycles. The molecule has 2 aromatic heterocycles. The van der Waals surface area contributed by atoms with Crippen LogP contribution < -0.4 is 15.4 Å². The number of anilines is 3. The van der Waals surface area contributed by atoms with Gasteiger partial charge in [0, 0.05) is 38.0 Å². The van der Waals surface area contributed by atoms with E-state index in [1.54, 1.807) is 12.1 Å². The number of amides is 1. The lowest BCUT2D eigenvalue weighted by atomic mass is 10.1. The molecule has 3 aromatic rings. The van der Waals surface area contributed by atoms with E-state index in [-0.39, 0.29) is 22.4 Å². The normalized spacial score (nSPS) is 11.1. The third-order valence-electron chi connectivity index (χ3n) is 3.95. The predicted octanol–water partition coefficient (Wildman–Crippen LogP) is 3.22. The van der Waals surface area contributed by atoms with E-state index in [4.69, 9.17) is 0 Å². The largest absolute Gasteiger partial charge is 0.372 e. The van der Waals surface area contributed by atoms with Gasteiger partial charge in [-0.2, -0.15) is 0 Å². The van der Waals surface area contributed by atoms with Gasteiger partial charge in [0.1, 0.15) is 28.2 Å². The molecule has 3 N–H and O–H groups in total. The lowest BCUT2D eigenvalue weighted by Crippen LogP contribution is -2.16. The molecule has 0 radical (unpaired) electrons. The number of sulfonamides is 1. The number of carbonyl (C=O) groups is 1. The number of benzene rings is 1. The molecule has 0 aliphatic carbocycles. The Bertz CT molecular complexity index is 1220. The molecule has 0 unspecified atom stereocenters. The average molecular weight is 433 g/mol.